The summed E-state index contributed by atoms with van der Waals surface area (Å²) in [5, 5.41) is 0.129. The predicted octanol–water partition coefficient (Wildman–Crippen LogP) is 2.77. The Morgan fingerprint density at radius 2 is 1.75 bits per heavy atom. The standard InChI is InChI=1S/C14H14ClNO3S/c15-12-7-4-8-13(16)14(12)20(17,18)10-9-19-11-5-2-1-3-6-11/h1-8H,9-10,16H2. The molecule has 0 bridgehead atoms. The summed E-state index contributed by atoms with van der Waals surface area (Å²) in [6, 6.07) is 13.6. The minimum atomic E-state index is -3.57. The molecule has 0 amide bonds. The van der Waals surface area contributed by atoms with Crippen LogP contribution >= 0.6 is 11.6 Å². The van der Waals surface area contributed by atoms with E-state index < -0.39 is 9.84 Å². The van der Waals surface area contributed by atoms with E-state index in [2.05, 4.69) is 0 Å². The summed E-state index contributed by atoms with van der Waals surface area (Å²) in [6.07, 6.45) is 0. The molecule has 4 nitrogen and oxygen atoms in total. The van der Waals surface area contributed by atoms with Crippen molar-refractivity contribution in [2.75, 3.05) is 18.1 Å². The fraction of sp³-hybridized carbons (Fsp3) is 0.143. The van der Waals surface area contributed by atoms with Crippen molar-refractivity contribution >= 4 is 27.1 Å². The Morgan fingerprint density at radius 1 is 1.05 bits per heavy atom. The topological polar surface area (TPSA) is 69.4 Å². The van der Waals surface area contributed by atoms with Gasteiger partial charge in [-0.25, -0.2) is 8.42 Å². The van der Waals surface area contributed by atoms with E-state index in [1.165, 1.54) is 12.1 Å². The zero-order valence-electron chi connectivity index (χ0n) is 10.6. The van der Waals surface area contributed by atoms with E-state index in [9.17, 15) is 8.42 Å². The highest BCUT2D eigenvalue weighted by Crippen LogP contribution is 2.28. The van der Waals surface area contributed by atoms with Gasteiger partial charge in [-0.3, -0.25) is 0 Å². The van der Waals surface area contributed by atoms with Crippen molar-refractivity contribution in [3.8, 4) is 5.75 Å². The van der Waals surface area contributed by atoms with Gasteiger partial charge in [0, 0.05) is 0 Å². The van der Waals surface area contributed by atoms with Gasteiger partial charge in [0.15, 0.2) is 9.84 Å². The van der Waals surface area contributed by atoms with Crippen LogP contribution in [0.2, 0.25) is 5.02 Å². The quantitative estimate of drug-likeness (QED) is 0.862. The van der Waals surface area contributed by atoms with Crippen LogP contribution in [0.1, 0.15) is 0 Å². The van der Waals surface area contributed by atoms with Crippen molar-refractivity contribution in [1.82, 2.24) is 0 Å². The monoisotopic (exact) mass is 311 g/mol. The Morgan fingerprint density at radius 3 is 2.40 bits per heavy atom. The number of anilines is 1. The van der Waals surface area contributed by atoms with Crippen LogP contribution in [-0.2, 0) is 9.84 Å². The third-order valence-corrected chi connectivity index (χ3v) is 4.88. The molecule has 2 aromatic rings. The summed E-state index contributed by atoms with van der Waals surface area (Å²) < 4.78 is 29.8. The van der Waals surface area contributed by atoms with Gasteiger partial charge in [-0.15, -0.1) is 0 Å². The minimum absolute atomic E-state index is 0.0293. The molecule has 0 unspecified atom stereocenters. The molecule has 2 aromatic carbocycles. The molecule has 20 heavy (non-hydrogen) atoms. The molecule has 6 heteroatoms. The highest BCUT2D eigenvalue weighted by Gasteiger charge is 2.21. The van der Waals surface area contributed by atoms with Crippen molar-refractivity contribution in [1.29, 1.82) is 0 Å². The van der Waals surface area contributed by atoms with E-state index in [1.54, 1.807) is 18.2 Å². The Labute approximate surface area is 123 Å². The Balaban J connectivity index is 2.09. The molecule has 0 saturated heterocycles. The van der Waals surface area contributed by atoms with E-state index >= 15 is 0 Å². The van der Waals surface area contributed by atoms with E-state index in [4.69, 9.17) is 22.1 Å². The number of rotatable bonds is 5. The number of nitrogens with two attached hydrogens (primary N) is 1. The summed E-state index contributed by atoms with van der Waals surface area (Å²) in [5.74, 6) is 0.436. The Bertz CT molecular complexity index is 667. The normalized spacial score (nSPS) is 11.2. The van der Waals surface area contributed by atoms with Gasteiger partial charge in [-0.2, -0.15) is 0 Å². The van der Waals surface area contributed by atoms with Gasteiger partial charge in [0.05, 0.1) is 16.5 Å². The molecule has 106 valence electrons. The predicted molar refractivity (Wildman–Crippen MR) is 79.9 cm³/mol. The molecule has 0 fully saturated rings. The van der Waals surface area contributed by atoms with Crippen LogP contribution in [0, 0.1) is 0 Å². The van der Waals surface area contributed by atoms with Gasteiger partial charge < -0.3 is 10.5 Å². The average molecular weight is 312 g/mol. The van der Waals surface area contributed by atoms with Crippen molar-refractivity contribution in [3.63, 3.8) is 0 Å². The highest BCUT2D eigenvalue weighted by molar-refractivity contribution is 7.91. The third kappa shape index (κ3) is 3.43. The van der Waals surface area contributed by atoms with Crippen LogP contribution in [0.15, 0.2) is 53.4 Å². The number of para-hydroxylation sites is 1. The van der Waals surface area contributed by atoms with Crippen molar-refractivity contribution < 1.29 is 13.2 Å². The lowest BCUT2D eigenvalue weighted by atomic mass is 10.3. The number of hydrogen-bond donors (Lipinski definition) is 1. The fourth-order valence-electron chi connectivity index (χ4n) is 1.74. The largest absolute Gasteiger partial charge is 0.493 e. The molecular formula is C14H14ClNO3S. The molecule has 0 aliphatic carbocycles. The van der Waals surface area contributed by atoms with Gasteiger partial charge in [-0.1, -0.05) is 35.9 Å². The van der Waals surface area contributed by atoms with Gasteiger partial charge in [-0.05, 0) is 24.3 Å². The molecule has 0 atom stereocenters. The van der Waals surface area contributed by atoms with E-state index in [-0.39, 0.29) is 28.0 Å². The number of halogens is 1. The lowest BCUT2D eigenvalue weighted by Crippen LogP contribution is -2.16. The van der Waals surface area contributed by atoms with Crippen molar-refractivity contribution in [2.45, 2.75) is 4.90 Å². The molecule has 0 saturated carbocycles. The molecule has 0 spiro atoms. The smallest absolute Gasteiger partial charge is 0.185 e. The average Bonchev–Trinajstić information content (AvgIpc) is 2.39. The zero-order chi connectivity index (χ0) is 14.6. The van der Waals surface area contributed by atoms with E-state index in [0.29, 0.717) is 5.75 Å². The van der Waals surface area contributed by atoms with Gasteiger partial charge >= 0.3 is 0 Å². The maximum atomic E-state index is 12.2. The van der Waals surface area contributed by atoms with Gasteiger partial charge in [0.2, 0.25) is 0 Å². The van der Waals surface area contributed by atoms with Gasteiger partial charge in [0.25, 0.3) is 0 Å². The fourth-order valence-corrected chi connectivity index (χ4v) is 3.58. The summed E-state index contributed by atoms with van der Waals surface area (Å²) in [5.41, 5.74) is 5.84. The molecule has 0 aliphatic heterocycles. The first kappa shape index (κ1) is 14.7. The van der Waals surface area contributed by atoms with E-state index in [1.807, 2.05) is 18.2 Å². The number of ether oxygens (including phenoxy) is 1. The molecule has 0 radical (unpaired) electrons. The highest BCUT2D eigenvalue weighted by atomic mass is 35.5. The molecule has 0 aliphatic rings. The van der Waals surface area contributed by atoms with Crippen LogP contribution in [0.4, 0.5) is 5.69 Å². The van der Waals surface area contributed by atoms with Crippen LogP contribution < -0.4 is 10.5 Å². The van der Waals surface area contributed by atoms with Crippen LogP contribution in [0.5, 0.6) is 5.75 Å². The van der Waals surface area contributed by atoms with Crippen molar-refractivity contribution in [3.05, 3.63) is 53.6 Å². The Kier molecular flexibility index (Phi) is 4.52. The summed E-state index contributed by atoms with van der Waals surface area (Å²) in [6.45, 7) is 0.0387. The number of sulfone groups is 1. The second-order valence-electron chi connectivity index (χ2n) is 4.14. The third-order valence-electron chi connectivity index (χ3n) is 2.67. The van der Waals surface area contributed by atoms with Crippen molar-refractivity contribution in [2.24, 2.45) is 0 Å². The maximum Gasteiger partial charge on any atom is 0.185 e. The summed E-state index contributed by atoms with van der Waals surface area (Å²) in [7, 11) is -3.57. The van der Waals surface area contributed by atoms with Crippen LogP contribution in [-0.4, -0.2) is 20.8 Å². The maximum absolute atomic E-state index is 12.2. The zero-order valence-corrected chi connectivity index (χ0v) is 12.2. The lowest BCUT2D eigenvalue weighted by Gasteiger charge is -2.10. The molecule has 2 N–H and O–H groups in total. The minimum Gasteiger partial charge on any atom is -0.493 e. The first-order valence-corrected chi connectivity index (χ1v) is 7.98. The lowest BCUT2D eigenvalue weighted by molar-refractivity contribution is 0.341. The molecule has 0 heterocycles. The number of benzene rings is 2. The van der Waals surface area contributed by atoms with E-state index in [0.717, 1.165) is 0 Å². The molecule has 2 rings (SSSR count). The Hall–Kier alpha value is -1.72. The SMILES string of the molecule is Nc1cccc(Cl)c1S(=O)(=O)CCOc1ccccc1. The van der Waals surface area contributed by atoms with Gasteiger partial charge in [0.1, 0.15) is 17.3 Å². The molecular weight excluding hydrogens is 298 g/mol. The second kappa shape index (κ2) is 6.15. The first-order valence-electron chi connectivity index (χ1n) is 5.95. The van der Waals surface area contributed by atoms with Crippen LogP contribution in [0.25, 0.3) is 0 Å². The second-order valence-corrected chi connectivity index (χ2v) is 6.59. The summed E-state index contributed by atoms with van der Waals surface area (Å²) in [4.78, 5) is -0.0293. The first-order chi connectivity index (χ1) is 9.50. The number of hydrogen-bond acceptors (Lipinski definition) is 4. The summed E-state index contributed by atoms with van der Waals surface area (Å²) >= 11 is 5.91. The van der Waals surface area contributed by atoms with Crippen LogP contribution in [0.3, 0.4) is 0 Å². The molecule has 0 aromatic heterocycles. The number of nitrogen functional groups attached to an aromatic ring is 1.